The molecule has 0 saturated heterocycles. The number of carbonyl (C=O) groups is 1. The lowest BCUT2D eigenvalue weighted by Crippen LogP contribution is -2.14. The largest absolute Gasteiger partial charge is 0.310 e. The Morgan fingerprint density at radius 3 is 1.97 bits per heavy atom. The van der Waals surface area contributed by atoms with Crippen molar-refractivity contribution in [3.8, 4) is 11.3 Å². The third-order valence-corrected chi connectivity index (χ3v) is 5.84. The maximum atomic E-state index is 13.3. The molecule has 4 aromatic carbocycles. The van der Waals surface area contributed by atoms with Crippen molar-refractivity contribution in [1.29, 1.82) is 0 Å². The third-order valence-electron chi connectivity index (χ3n) is 5.84. The van der Waals surface area contributed by atoms with Crippen LogP contribution < -0.4 is 4.90 Å². The highest BCUT2D eigenvalue weighted by atomic mass is 16.1. The number of aromatic nitrogens is 1. The molecule has 3 nitrogen and oxygen atoms in total. The SMILES string of the molecule is O=C1c2cccnc2-c2ccc(N(c3ccccc3)c3ccccc3)c3cccc1c23. The minimum atomic E-state index is 0.0318. The molecule has 0 spiro atoms. The number of fused-ring (bicyclic) bond motifs is 2. The van der Waals surface area contributed by atoms with Gasteiger partial charge in [-0.05, 0) is 42.5 Å². The minimum Gasteiger partial charge on any atom is -0.310 e. The summed E-state index contributed by atoms with van der Waals surface area (Å²) in [6, 6.07) is 34.5. The van der Waals surface area contributed by atoms with Gasteiger partial charge in [-0.25, -0.2) is 0 Å². The van der Waals surface area contributed by atoms with E-state index in [2.05, 4.69) is 52.3 Å². The summed E-state index contributed by atoms with van der Waals surface area (Å²) in [5.41, 5.74) is 6.32. The lowest BCUT2D eigenvalue weighted by molar-refractivity contribution is 0.104. The van der Waals surface area contributed by atoms with E-state index in [0.717, 1.165) is 44.7 Å². The number of nitrogens with zero attached hydrogens (tertiary/aromatic N) is 2. The van der Waals surface area contributed by atoms with E-state index in [1.807, 2.05) is 60.7 Å². The first kappa shape index (κ1) is 17.6. The van der Waals surface area contributed by atoms with Gasteiger partial charge in [-0.2, -0.15) is 0 Å². The summed E-state index contributed by atoms with van der Waals surface area (Å²) in [6.07, 6.45) is 1.75. The minimum absolute atomic E-state index is 0.0318. The van der Waals surface area contributed by atoms with Crippen molar-refractivity contribution in [3.63, 3.8) is 0 Å². The molecule has 1 aromatic heterocycles. The van der Waals surface area contributed by atoms with Crippen molar-refractivity contribution in [2.75, 3.05) is 4.90 Å². The molecule has 0 unspecified atom stereocenters. The quantitative estimate of drug-likeness (QED) is 0.324. The van der Waals surface area contributed by atoms with E-state index in [1.54, 1.807) is 6.20 Å². The van der Waals surface area contributed by atoms with Crippen LogP contribution in [0.15, 0.2) is 109 Å². The Kier molecular flexibility index (Phi) is 3.93. The standard InChI is InChI=1S/C28H18N2O/c31-28-23-14-7-13-21-25(17-16-22(26(21)23)27-24(28)15-8-18-29-27)30(19-9-3-1-4-10-19)20-11-5-2-6-12-20/h1-18H. The maximum absolute atomic E-state index is 13.3. The van der Waals surface area contributed by atoms with E-state index in [-0.39, 0.29) is 5.78 Å². The number of para-hydroxylation sites is 2. The maximum Gasteiger partial charge on any atom is 0.195 e. The van der Waals surface area contributed by atoms with Crippen molar-refractivity contribution in [2.24, 2.45) is 0 Å². The molecule has 31 heavy (non-hydrogen) atoms. The first-order chi connectivity index (χ1) is 15.3. The zero-order valence-electron chi connectivity index (χ0n) is 16.7. The van der Waals surface area contributed by atoms with Crippen LogP contribution in [0.5, 0.6) is 0 Å². The predicted octanol–water partition coefficient (Wildman–Crippen LogP) is 6.92. The van der Waals surface area contributed by atoms with E-state index in [9.17, 15) is 4.79 Å². The molecule has 1 aliphatic carbocycles. The van der Waals surface area contributed by atoms with Crippen LogP contribution in [-0.4, -0.2) is 10.8 Å². The third kappa shape index (κ3) is 2.67. The number of ketones is 1. The number of hydrogen-bond acceptors (Lipinski definition) is 3. The fraction of sp³-hybridized carbons (Fsp3) is 0. The van der Waals surface area contributed by atoms with Gasteiger partial charge in [-0.1, -0.05) is 60.7 Å². The van der Waals surface area contributed by atoms with Gasteiger partial charge in [0.1, 0.15) is 0 Å². The second-order valence-electron chi connectivity index (χ2n) is 7.60. The van der Waals surface area contributed by atoms with Crippen LogP contribution in [-0.2, 0) is 0 Å². The summed E-state index contributed by atoms with van der Waals surface area (Å²) in [5.74, 6) is 0.0318. The fourth-order valence-corrected chi connectivity index (χ4v) is 4.50. The molecule has 3 heteroatoms. The molecule has 5 aromatic rings. The van der Waals surface area contributed by atoms with Gasteiger partial charge in [-0.15, -0.1) is 0 Å². The van der Waals surface area contributed by atoms with Gasteiger partial charge in [0.05, 0.1) is 11.4 Å². The van der Waals surface area contributed by atoms with E-state index in [1.165, 1.54) is 0 Å². The molecule has 0 bridgehead atoms. The summed E-state index contributed by atoms with van der Waals surface area (Å²) >= 11 is 0. The monoisotopic (exact) mass is 398 g/mol. The molecular formula is C28H18N2O. The van der Waals surface area contributed by atoms with Gasteiger partial charge in [0.25, 0.3) is 0 Å². The molecular weight excluding hydrogens is 380 g/mol. The van der Waals surface area contributed by atoms with Crippen LogP contribution in [0, 0.1) is 0 Å². The molecule has 0 N–H and O–H groups in total. The zero-order chi connectivity index (χ0) is 20.8. The number of hydrogen-bond donors (Lipinski definition) is 0. The molecule has 0 saturated carbocycles. The van der Waals surface area contributed by atoms with Crippen LogP contribution in [0.4, 0.5) is 17.1 Å². The van der Waals surface area contributed by atoms with Crippen LogP contribution in [0.2, 0.25) is 0 Å². The van der Waals surface area contributed by atoms with Gasteiger partial charge in [0.2, 0.25) is 0 Å². The number of rotatable bonds is 3. The molecule has 6 rings (SSSR count). The first-order valence-corrected chi connectivity index (χ1v) is 10.3. The number of benzene rings is 4. The van der Waals surface area contributed by atoms with Crippen molar-refractivity contribution in [3.05, 3.63) is 120 Å². The van der Waals surface area contributed by atoms with Gasteiger partial charge < -0.3 is 4.90 Å². The van der Waals surface area contributed by atoms with E-state index in [0.29, 0.717) is 5.56 Å². The van der Waals surface area contributed by atoms with Crippen molar-refractivity contribution in [2.45, 2.75) is 0 Å². The molecule has 0 atom stereocenters. The second-order valence-corrected chi connectivity index (χ2v) is 7.60. The topological polar surface area (TPSA) is 33.2 Å². The van der Waals surface area contributed by atoms with E-state index < -0.39 is 0 Å². The zero-order valence-corrected chi connectivity index (χ0v) is 16.7. The Hall–Kier alpha value is -4.24. The van der Waals surface area contributed by atoms with Gasteiger partial charge >= 0.3 is 0 Å². The number of pyridine rings is 1. The molecule has 0 aliphatic heterocycles. The summed E-state index contributed by atoms with van der Waals surface area (Å²) in [6.45, 7) is 0. The average molecular weight is 398 g/mol. The summed E-state index contributed by atoms with van der Waals surface area (Å²) in [5, 5.41) is 2.00. The fourth-order valence-electron chi connectivity index (χ4n) is 4.50. The average Bonchev–Trinajstić information content (AvgIpc) is 2.84. The summed E-state index contributed by atoms with van der Waals surface area (Å²) < 4.78 is 0. The molecule has 0 radical (unpaired) electrons. The van der Waals surface area contributed by atoms with Crippen molar-refractivity contribution < 1.29 is 4.79 Å². The van der Waals surface area contributed by atoms with Crippen LogP contribution >= 0.6 is 0 Å². The highest BCUT2D eigenvalue weighted by Crippen LogP contribution is 2.45. The van der Waals surface area contributed by atoms with Gasteiger partial charge in [-0.3, -0.25) is 9.78 Å². The molecule has 1 aliphatic rings. The molecule has 0 amide bonds. The van der Waals surface area contributed by atoms with Gasteiger partial charge in [0.15, 0.2) is 5.78 Å². The van der Waals surface area contributed by atoms with Crippen molar-refractivity contribution >= 4 is 33.6 Å². The molecule has 0 fully saturated rings. The lowest BCUT2D eigenvalue weighted by atomic mass is 9.85. The van der Waals surface area contributed by atoms with Crippen LogP contribution in [0.25, 0.3) is 22.0 Å². The Bertz CT molecular complexity index is 1400. The van der Waals surface area contributed by atoms with Crippen molar-refractivity contribution in [1.82, 2.24) is 4.98 Å². The molecule has 146 valence electrons. The summed E-state index contributed by atoms with van der Waals surface area (Å²) in [7, 11) is 0. The Morgan fingerprint density at radius 2 is 1.26 bits per heavy atom. The Balaban J connectivity index is 1.68. The van der Waals surface area contributed by atoms with Crippen LogP contribution in [0.3, 0.4) is 0 Å². The smallest absolute Gasteiger partial charge is 0.195 e. The Labute approximate surface area is 180 Å². The van der Waals surface area contributed by atoms with E-state index in [4.69, 9.17) is 0 Å². The predicted molar refractivity (Wildman–Crippen MR) is 125 cm³/mol. The molecule has 1 heterocycles. The summed E-state index contributed by atoms with van der Waals surface area (Å²) in [4.78, 5) is 20.0. The van der Waals surface area contributed by atoms with E-state index >= 15 is 0 Å². The van der Waals surface area contributed by atoms with Gasteiger partial charge in [0, 0.05) is 45.0 Å². The number of carbonyl (C=O) groups excluding carboxylic acids is 1. The normalized spacial score (nSPS) is 11.9. The Morgan fingerprint density at radius 1 is 0.581 bits per heavy atom. The second kappa shape index (κ2) is 6.92. The highest BCUT2D eigenvalue weighted by Gasteiger charge is 2.27. The number of anilines is 3. The highest BCUT2D eigenvalue weighted by molar-refractivity contribution is 6.26. The first-order valence-electron chi connectivity index (χ1n) is 10.3. The van der Waals surface area contributed by atoms with Crippen LogP contribution in [0.1, 0.15) is 15.9 Å². The lowest BCUT2D eigenvalue weighted by Gasteiger charge is -2.28.